The van der Waals surface area contributed by atoms with Crippen LogP contribution in [-0.2, 0) is 0 Å². The zero-order valence-electron chi connectivity index (χ0n) is 7.20. The van der Waals surface area contributed by atoms with Gasteiger partial charge in [0, 0.05) is 5.25 Å². The summed E-state index contributed by atoms with van der Waals surface area (Å²) in [6.45, 7) is 7.81. The summed E-state index contributed by atoms with van der Waals surface area (Å²) in [6, 6.07) is 0. The molecular weight excluding hydrogens is 188 g/mol. The molecule has 0 radical (unpaired) electrons. The second kappa shape index (κ2) is 3.96. The Morgan fingerprint density at radius 2 is 2.42 bits per heavy atom. The minimum atomic E-state index is 0.420. The number of nitrogens with zero attached hydrogens (tertiary/aromatic N) is 1. The highest BCUT2D eigenvalue weighted by Crippen LogP contribution is 2.33. The first-order chi connectivity index (χ1) is 5.63. The molecule has 4 heteroatoms. The lowest BCUT2D eigenvalue weighted by molar-refractivity contribution is 1.20. The van der Waals surface area contributed by atoms with Gasteiger partial charge < -0.3 is 5.73 Å². The summed E-state index contributed by atoms with van der Waals surface area (Å²) in [5.41, 5.74) is 6.59. The number of nitrogens with two attached hydrogens (primary N) is 1. The molecule has 1 aromatic heterocycles. The van der Waals surface area contributed by atoms with Crippen molar-refractivity contribution in [1.82, 2.24) is 4.98 Å². The number of aryl methyl sites for hydroxylation is 1. The Bertz CT molecular complexity index is 281. The molecule has 0 saturated carbocycles. The van der Waals surface area contributed by atoms with Crippen LogP contribution in [0.25, 0.3) is 0 Å². The van der Waals surface area contributed by atoms with E-state index in [0.29, 0.717) is 10.4 Å². The van der Waals surface area contributed by atoms with Gasteiger partial charge >= 0.3 is 0 Å². The number of thioether (sulfide) groups is 1. The molecule has 0 amide bonds. The smallest absolute Gasteiger partial charge is 0.181 e. The Balaban J connectivity index is 2.74. The molecule has 1 unspecified atom stereocenters. The number of hydrogen-bond acceptors (Lipinski definition) is 4. The largest absolute Gasteiger partial charge is 0.375 e. The third-order valence-corrected chi connectivity index (χ3v) is 3.79. The van der Waals surface area contributed by atoms with E-state index >= 15 is 0 Å². The number of anilines is 1. The van der Waals surface area contributed by atoms with Crippen molar-refractivity contribution in [2.45, 2.75) is 23.3 Å². The van der Waals surface area contributed by atoms with Crippen molar-refractivity contribution >= 4 is 28.2 Å². The van der Waals surface area contributed by atoms with Gasteiger partial charge in [0.25, 0.3) is 0 Å². The SMILES string of the molecule is C=CC(C)Sc1sc(N)nc1C. The maximum absolute atomic E-state index is 5.56. The highest BCUT2D eigenvalue weighted by Gasteiger charge is 2.07. The van der Waals surface area contributed by atoms with Crippen LogP contribution in [0.4, 0.5) is 5.13 Å². The molecule has 1 aromatic rings. The number of nitrogen functional groups attached to an aromatic ring is 1. The molecule has 0 aliphatic carbocycles. The summed E-state index contributed by atoms with van der Waals surface area (Å²) in [6.07, 6.45) is 1.92. The van der Waals surface area contributed by atoms with E-state index in [1.165, 1.54) is 15.5 Å². The molecule has 2 nitrogen and oxygen atoms in total. The first kappa shape index (κ1) is 9.61. The summed E-state index contributed by atoms with van der Waals surface area (Å²) in [5.74, 6) is 0. The molecule has 0 aliphatic heterocycles. The van der Waals surface area contributed by atoms with Crippen LogP contribution in [0, 0.1) is 6.92 Å². The average Bonchev–Trinajstić information content (AvgIpc) is 2.30. The van der Waals surface area contributed by atoms with E-state index in [1.54, 1.807) is 11.8 Å². The Kier molecular flexibility index (Phi) is 3.17. The van der Waals surface area contributed by atoms with Crippen LogP contribution in [0.1, 0.15) is 12.6 Å². The summed E-state index contributed by atoms with van der Waals surface area (Å²) in [5, 5.41) is 1.06. The van der Waals surface area contributed by atoms with Crippen LogP contribution in [0.5, 0.6) is 0 Å². The van der Waals surface area contributed by atoms with Crippen LogP contribution >= 0.6 is 23.1 Å². The third-order valence-electron chi connectivity index (χ3n) is 1.40. The second-order valence-electron chi connectivity index (χ2n) is 2.48. The Morgan fingerprint density at radius 1 is 1.75 bits per heavy atom. The molecule has 1 rings (SSSR count). The van der Waals surface area contributed by atoms with Crippen molar-refractivity contribution < 1.29 is 0 Å². The van der Waals surface area contributed by atoms with E-state index in [2.05, 4.69) is 18.5 Å². The Hall–Kier alpha value is -0.480. The Morgan fingerprint density at radius 3 is 2.83 bits per heavy atom. The normalized spacial score (nSPS) is 12.8. The minimum Gasteiger partial charge on any atom is -0.375 e. The first-order valence-corrected chi connectivity index (χ1v) is 5.35. The van der Waals surface area contributed by atoms with Crippen LogP contribution < -0.4 is 5.73 Å². The van der Waals surface area contributed by atoms with E-state index < -0.39 is 0 Å². The van der Waals surface area contributed by atoms with Crippen LogP contribution in [-0.4, -0.2) is 10.2 Å². The molecule has 0 saturated heterocycles. The van der Waals surface area contributed by atoms with Crippen LogP contribution in [0.3, 0.4) is 0 Å². The topological polar surface area (TPSA) is 38.9 Å². The van der Waals surface area contributed by atoms with Gasteiger partial charge in [0.05, 0.1) is 9.90 Å². The van der Waals surface area contributed by atoms with E-state index in [9.17, 15) is 0 Å². The van der Waals surface area contributed by atoms with Gasteiger partial charge in [0.15, 0.2) is 5.13 Å². The van der Waals surface area contributed by atoms with Gasteiger partial charge in [-0.25, -0.2) is 4.98 Å². The van der Waals surface area contributed by atoms with Gasteiger partial charge in [-0.2, -0.15) is 0 Å². The van der Waals surface area contributed by atoms with Crippen molar-refractivity contribution in [3.63, 3.8) is 0 Å². The molecule has 0 aliphatic rings. The van der Waals surface area contributed by atoms with Gasteiger partial charge in [-0.3, -0.25) is 0 Å². The van der Waals surface area contributed by atoms with Gasteiger partial charge in [0.2, 0.25) is 0 Å². The van der Waals surface area contributed by atoms with Crippen LogP contribution in [0.2, 0.25) is 0 Å². The lowest BCUT2D eigenvalue weighted by Gasteiger charge is -2.01. The lowest BCUT2D eigenvalue weighted by Crippen LogP contribution is -1.87. The predicted molar refractivity (Wildman–Crippen MR) is 56.8 cm³/mol. The van der Waals surface area contributed by atoms with Gasteiger partial charge in [0.1, 0.15) is 0 Å². The molecule has 0 spiro atoms. The lowest BCUT2D eigenvalue weighted by atomic mass is 10.5. The average molecular weight is 200 g/mol. The highest BCUT2D eigenvalue weighted by atomic mass is 32.2. The molecule has 0 bridgehead atoms. The predicted octanol–water partition coefficient (Wildman–Crippen LogP) is 2.70. The fourth-order valence-corrected chi connectivity index (χ4v) is 2.85. The van der Waals surface area contributed by atoms with Crippen molar-refractivity contribution in [3.05, 3.63) is 18.3 Å². The molecule has 1 atom stereocenters. The standard InChI is InChI=1S/C8H12N2S2/c1-4-5(2)11-7-6(3)10-8(9)12-7/h4-5H,1H2,2-3H3,(H2,9,10). The number of hydrogen-bond donors (Lipinski definition) is 1. The molecule has 0 aromatic carbocycles. The van der Waals surface area contributed by atoms with Crippen molar-refractivity contribution in [2.75, 3.05) is 5.73 Å². The molecule has 1 heterocycles. The molecule has 2 N–H and O–H groups in total. The number of thiazole rings is 1. The quantitative estimate of drug-likeness (QED) is 0.602. The summed E-state index contributed by atoms with van der Waals surface area (Å²) in [7, 11) is 0. The third kappa shape index (κ3) is 2.25. The number of aromatic nitrogens is 1. The van der Waals surface area contributed by atoms with Crippen molar-refractivity contribution in [3.8, 4) is 0 Å². The maximum atomic E-state index is 5.56. The first-order valence-electron chi connectivity index (χ1n) is 3.65. The van der Waals surface area contributed by atoms with E-state index in [-0.39, 0.29) is 0 Å². The second-order valence-corrected chi connectivity index (χ2v) is 5.16. The van der Waals surface area contributed by atoms with Gasteiger partial charge in [-0.1, -0.05) is 17.4 Å². The zero-order valence-corrected chi connectivity index (χ0v) is 8.84. The molecule has 0 fully saturated rings. The van der Waals surface area contributed by atoms with Gasteiger partial charge in [-0.05, 0) is 13.8 Å². The summed E-state index contributed by atoms with van der Waals surface area (Å²) < 4.78 is 1.19. The minimum absolute atomic E-state index is 0.420. The monoisotopic (exact) mass is 200 g/mol. The molecule has 66 valence electrons. The fourth-order valence-electron chi connectivity index (χ4n) is 0.729. The molecule has 12 heavy (non-hydrogen) atoms. The van der Waals surface area contributed by atoms with E-state index in [0.717, 1.165) is 5.69 Å². The fraction of sp³-hybridized carbons (Fsp3) is 0.375. The van der Waals surface area contributed by atoms with Crippen molar-refractivity contribution in [1.29, 1.82) is 0 Å². The van der Waals surface area contributed by atoms with E-state index in [1.807, 2.05) is 13.0 Å². The van der Waals surface area contributed by atoms with Gasteiger partial charge in [-0.15, -0.1) is 18.3 Å². The maximum Gasteiger partial charge on any atom is 0.181 e. The van der Waals surface area contributed by atoms with Crippen molar-refractivity contribution in [2.24, 2.45) is 0 Å². The number of rotatable bonds is 3. The summed E-state index contributed by atoms with van der Waals surface area (Å²) >= 11 is 3.29. The van der Waals surface area contributed by atoms with Crippen LogP contribution in [0.15, 0.2) is 16.9 Å². The Labute approximate surface area is 80.9 Å². The molecular formula is C8H12N2S2. The highest BCUT2D eigenvalue weighted by molar-refractivity contribution is 8.01. The van der Waals surface area contributed by atoms with E-state index in [4.69, 9.17) is 5.73 Å². The zero-order chi connectivity index (χ0) is 9.14. The summed E-state index contributed by atoms with van der Waals surface area (Å²) in [4.78, 5) is 4.14.